The van der Waals surface area contributed by atoms with Crippen molar-refractivity contribution in [1.29, 1.82) is 0 Å². The fourth-order valence-electron chi connectivity index (χ4n) is 1.85. The Kier molecular flexibility index (Phi) is 3.78. The molecule has 2 rings (SSSR count). The molecule has 0 aromatic heterocycles. The number of piperazine rings is 1. The summed E-state index contributed by atoms with van der Waals surface area (Å²) in [5, 5.41) is 5.75. The van der Waals surface area contributed by atoms with E-state index in [9.17, 15) is 9.59 Å². The Balaban J connectivity index is 1.95. The van der Waals surface area contributed by atoms with Crippen molar-refractivity contribution >= 4 is 17.6 Å². The van der Waals surface area contributed by atoms with Gasteiger partial charge in [-0.05, 0) is 12.1 Å². The lowest BCUT2D eigenvalue weighted by molar-refractivity contribution is -0.120. The normalized spacial score (nSPS) is 19.3. The highest BCUT2D eigenvalue weighted by Gasteiger charge is 2.26. The van der Waals surface area contributed by atoms with Gasteiger partial charge in [-0.2, -0.15) is 0 Å². The van der Waals surface area contributed by atoms with E-state index in [1.807, 2.05) is 30.3 Å². The number of amides is 3. The summed E-state index contributed by atoms with van der Waals surface area (Å²) >= 11 is 0. The maximum absolute atomic E-state index is 12.0. The first kappa shape index (κ1) is 12.4. The molecule has 1 aliphatic heterocycles. The molecular formula is C12H16N4O2. The van der Waals surface area contributed by atoms with Crippen LogP contribution in [0.25, 0.3) is 0 Å². The third-order valence-corrected chi connectivity index (χ3v) is 2.83. The van der Waals surface area contributed by atoms with E-state index in [1.54, 1.807) is 4.90 Å². The molecule has 0 unspecified atom stereocenters. The van der Waals surface area contributed by atoms with Crippen LogP contribution in [0, 0.1) is 0 Å². The summed E-state index contributed by atoms with van der Waals surface area (Å²) in [7, 11) is 0. The molecule has 18 heavy (non-hydrogen) atoms. The minimum Gasteiger partial charge on any atom is -0.368 e. The number of nitrogens with zero attached hydrogens (tertiary/aromatic N) is 1. The van der Waals surface area contributed by atoms with Gasteiger partial charge in [0.15, 0.2) is 0 Å². The molecule has 0 spiro atoms. The predicted molar refractivity (Wildman–Crippen MR) is 68.0 cm³/mol. The van der Waals surface area contributed by atoms with Crippen LogP contribution in [0.5, 0.6) is 0 Å². The number of nitrogens with one attached hydrogen (secondary N) is 2. The number of primary amides is 1. The summed E-state index contributed by atoms with van der Waals surface area (Å²) in [6.07, 6.45) is 0. The number of carbonyl (C=O) groups excluding carboxylic acids is 2. The van der Waals surface area contributed by atoms with E-state index in [2.05, 4.69) is 10.6 Å². The second-order valence-electron chi connectivity index (χ2n) is 4.15. The second kappa shape index (κ2) is 5.50. The molecule has 1 aromatic rings. The molecule has 4 N–H and O–H groups in total. The van der Waals surface area contributed by atoms with Gasteiger partial charge in [-0.25, -0.2) is 4.79 Å². The Hall–Kier alpha value is -2.08. The first-order chi connectivity index (χ1) is 8.66. The molecule has 1 atom stereocenters. The van der Waals surface area contributed by atoms with Crippen LogP contribution in [0.4, 0.5) is 10.5 Å². The predicted octanol–water partition coefficient (Wildman–Crippen LogP) is -0.0224. The summed E-state index contributed by atoms with van der Waals surface area (Å²) < 4.78 is 0. The Morgan fingerprint density at radius 3 is 2.72 bits per heavy atom. The van der Waals surface area contributed by atoms with Gasteiger partial charge in [0.25, 0.3) is 0 Å². The third-order valence-electron chi connectivity index (χ3n) is 2.83. The average molecular weight is 248 g/mol. The third kappa shape index (κ3) is 2.98. The molecule has 6 heteroatoms. The van der Waals surface area contributed by atoms with Crippen LogP contribution in [-0.4, -0.2) is 42.5 Å². The van der Waals surface area contributed by atoms with Crippen molar-refractivity contribution in [3.63, 3.8) is 0 Å². The highest BCUT2D eigenvalue weighted by Crippen LogP contribution is 2.08. The Bertz CT molecular complexity index is 435. The fourth-order valence-corrected chi connectivity index (χ4v) is 1.85. The van der Waals surface area contributed by atoms with E-state index < -0.39 is 11.9 Å². The minimum atomic E-state index is -0.472. The number of para-hydroxylation sites is 1. The van der Waals surface area contributed by atoms with Crippen LogP contribution >= 0.6 is 0 Å². The Labute approximate surface area is 105 Å². The molecule has 1 heterocycles. The maximum Gasteiger partial charge on any atom is 0.321 e. The molecule has 1 saturated heterocycles. The fraction of sp³-hybridized carbons (Fsp3) is 0.333. The standard InChI is InChI=1S/C12H16N4O2/c13-11(17)10-8-16(7-6-14-10)12(18)15-9-4-2-1-3-5-9/h1-5,10,14H,6-8H2,(H2,13,17)(H,15,18)/t10-/m0/s1. The summed E-state index contributed by atoms with van der Waals surface area (Å²) in [5.74, 6) is -0.438. The van der Waals surface area contributed by atoms with E-state index in [-0.39, 0.29) is 6.03 Å². The van der Waals surface area contributed by atoms with Crippen molar-refractivity contribution in [3.8, 4) is 0 Å². The van der Waals surface area contributed by atoms with Crippen molar-refractivity contribution in [2.24, 2.45) is 5.73 Å². The van der Waals surface area contributed by atoms with Crippen LogP contribution < -0.4 is 16.4 Å². The van der Waals surface area contributed by atoms with E-state index in [4.69, 9.17) is 5.73 Å². The lowest BCUT2D eigenvalue weighted by Gasteiger charge is -2.32. The van der Waals surface area contributed by atoms with Crippen LogP contribution in [0.15, 0.2) is 30.3 Å². The smallest absolute Gasteiger partial charge is 0.321 e. The topological polar surface area (TPSA) is 87.5 Å². The lowest BCUT2D eigenvalue weighted by atomic mass is 10.2. The number of nitrogens with two attached hydrogens (primary N) is 1. The van der Waals surface area contributed by atoms with Gasteiger partial charge in [-0.15, -0.1) is 0 Å². The number of benzene rings is 1. The van der Waals surface area contributed by atoms with Gasteiger partial charge in [0.05, 0.1) is 0 Å². The van der Waals surface area contributed by atoms with E-state index in [0.29, 0.717) is 19.6 Å². The highest BCUT2D eigenvalue weighted by atomic mass is 16.2. The van der Waals surface area contributed by atoms with Gasteiger partial charge >= 0.3 is 6.03 Å². The highest BCUT2D eigenvalue weighted by molar-refractivity contribution is 5.90. The zero-order valence-electron chi connectivity index (χ0n) is 9.93. The molecule has 1 aromatic carbocycles. The molecule has 1 aliphatic rings. The van der Waals surface area contributed by atoms with Gasteiger partial charge in [-0.3, -0.25) is 4.79 Å². The van der Waals surface area contributed by atoms with Crippen LogP contribution in [-0.2, 0) is 4.79 Å². The van der Waals surface area contributed by atoms with E-state index in [1.165, 1.54) is 0 Å². The Morgan fingerprint density at radius 1 is 1.33 bits per heavy atom. The first-order valence-corrected chi connectivity index (χ1v) is 5.80. The lowest BCUT2D eigenvalue weighted by Crippen LogP contribution is -2.58. The number of carbonyl (C=O) groups is 2. The van der Waals surface area contributed by atoms with Gasteiger partial charge < -0.3 is 21.3 Å². The number of urea groups is 1. The SMILES string of the molecule is NC(=O)[C@@H]1CN(C(=O)Nc2ccccc2)CCN1. The van der Waals surface area contributed by atoms with Crippen molar-refractivity contribution in [2.45, 2.75) is 6.04 Å². The second-order valence-corrected chi connectivity index (χ2v) is 4.15. The zero-order valence-corrected chi connectivity index (χ0v) is 9.93. The molecule has 0 saturated carbocycles. The number of hydrogen-bond acceptors (Lipinski definition) is 3. The van der Waals surface area contributed by atoms with Crippen molar-refractivity contribution in [3.05, 3.63) is 30.3 Å². The summed E-state index contributed by atoms with van der Waals surface area (Å²) in [6, 6.07) is 8.51. The van der Waals surface area contributed by atoms with Crippen LogP contribution in [0.2, 0.25) is 0 Å². The largest absolute Gasteiger partial charge is 0.368 e. The quantitative estimate of drug-likeness (QED) is 0.687. The molecule has 0 radical (unpaired) electrons. The van der Waals surface area contributed by atoms with E-state index >= 15 is 0 Å². The number of hydrogen-bond donors (Lipinski definition) is 3. The first-order valence-electron chi connectivity index (χ1n) is 5.80. The molecule has 6 nitrogen and oxygen atoms in total. The van der Waals surface area contributed by atoms with Crippen molar-refractivity contribution < 1.29 is 9.59 Å². The van der Waals surface area contributed by atoms with Gasteiger partial charge in [0.1, 0.15) is 6.04 Å². The molecule has 0 bridgehead atoms. The van der Waals surface area contributed by atoms with Crippen LogP contribution in [0.3, 0.4) is 0 Å². The van der Waals surface area contributed by atoms with E-state index in [0.717, 1.165) is 5.69 Å². The summed E-state index contributed by atoms with van der Waals surface area (Å²) in [4.78, 5) is 24.6. The van der Waals surface area contributed by atoms with Gasteiger partial charge in [0.2, 0.25) is 5.91 Å². The number of anilines is 1. The van der Waals surface area contributed by atoms with Gasteiger partial charge in [-0.1, -0.05) is 18.2 Å². The monoisotopic (exact) mass is 248 g/mol. The van der Waals surface area contributed by atoms with Crippen molar-refractivity contribution in [1.82, 2.24) is 10.2 Å². The van der Waals surface area contributed by atoms with Crippen LogP contribution in [0.1, 0.15) is 0 Å². The molecular weight excluding hydrogens is 232 g/mol. The van der Waals surface area contributed by atoms with Crippen molar-refractivity contribution in [2.75, 3.05) is 25.0 Å². The Morgan fingerprint density at radius 2 is 2.06 bits per heavy atom. The molecule has 96 valence electrons. The molecule has 1 fully saturated rings. The van der Waals surface area contributed by atoms with Gasteiger partial charge in [0, 0.05) is 25.3 Å². The molecule has 0 aliphatic carbocycles. The number of rotatable bonds is 2. The minimum absolute atomic E-state index is 0.214. The summed E-state index contributed by atoms with van der Waals surface area (Å²) in [6.45, 7) is 1.42. The maximum atomic E-state index is 12.0. The average Bonchev–Trinajstić information content (AvgIpc) is 2.40. The molecule has 3 amide bonds. The zero-order chi connectivity index (χ0) is 13.0. The summed E-state index contributed by atoms with van der Waals surface area (Å²) in [5.41, 5.74) is 5.96.